The second-order valence-corrected chi connectivity index (χ2v) is 7.71. The number of nitriles is 1. The number of aryl methyl sites for hydroxylation is 1. The maximum absolute atomic E-state index is 12.8. The summed E-state index contributed by atoms with van der Waals surface area (Å²) in [6, 6.07) is 12.6. The van der Waals surface area contributed by atoms with Crippen molar-refractivity contribution in [2.24, 2.45) is 0 Å². The van der Waals surface area contributed by atoms with Crippen LogP contribution in [0.5, 0.6) is 17.5 Å². The first-order valence-corrected chi connectivity index (χ1v) is 10.3. The SMILES string of the molecule is COc1ncccc1C1CCn2nc(C(=O)NC3COc4ccc(C#N)cc4C3)cc2O1. The molecular formula is C23H21N5O4. The van der Waals surface area contributed by atoms with Gasteiger partial charge in [0.2, 0.25) is 11.8 Å². The zero-order chi connectivity index (χ0) is 22.1. The summed E-state index contributed by atoms with van der Waals surface area (Å²) in [5.41, 5.74) is 2.62. The third kappa shape index (κ3) is 3.71. The molecular weight excluding hydrogens is 410 g/mol. The van der Waals surface area contributed by atoms with E-state index in [2.05, 4.69) is 21.5 Å². The molecule has 5 rings (SSSR count). The van der Waals surface area contributed by atoms with E-state index >= 15 is 0 Å². The Kier molecular flexibility index (Phi) is 5.11. The van der Waals surface area contributed by atoms with Crippen molar-refractivity contribution in [2.75, 3.05) is 13.7 Å². The summed E-state index contributed by atoms with van der Waals surface area (Å²) in [4.78, 5) is 17.1. The largest absolute Gasteiger partial charge is 0.491 e. The van der Waals surface area contributed by atoms with Crippen LogP contribution in [-0.2, 0) is 13.0 Å². The average molecular weight is 431 g/mol. The minimum Gasteiger partial charge on any atom is -0.491 e. The Bertz CT molecular complexity index is 1220. The molecule has 0 spiro atoms. The highest BCUT2D eigenvalue weighted by Crippen LogP contribution is 2.34. The normalized spacial score (nSPS) is 18.9. The number of benzene rings is 1. The van der Waals surface area contributed by atoms with Gasteiger partial charge in [-0.3, -0.25) is 4.79 Å². The van der Waals surface area contributed by atoms with Crippen molar-refractivity contribution >= 4 is 5.91 Å². The average Bonchev–Trinajstić information content (AvgIpc) is 3.27. The number of pyridine rings is 1. The van der Waals surface area contributed by atoms with Crippen molar-refractivity contribution in [3.05, 3.63) is 65.0 Å². The van der Waals surface area contributed by atoms with Crippen LogP contribution in [0.3, 0.4) is 0 Å². The lowest BCUT2D eigenvalue weighted by Crippen LogP contribution is -2.42. The molecule has 162 valence electrons. The van der Waals surface area contributed by atoms with Crippen LogP contribution >= 0.6 is 0 Å². The van der Waals surface area contributed by atoms with Crippen molar-refractivity contribution in [3.8, 4) is 23.6 Å². The molecule has 1 aromatic carbocycles. The Morgan fingerprint density at radius 2 is 2.25 bits per heavy atom. The second kappa shape index (κ2) is 8.23. The van der Waals surface area contributed by atoms with Crippen LogP contribution in [0, 0.1) is 11.3 Å². The number of aromatic nitrogens is 3. The first kappa shape index (κ1) is 19.9. The molecule has 0 aliphatic carbocycles. The van der Waals surface area contributed by atoms with Gasteiger partial charge < -0.3 is 19.5 Å². The van der Waals surface area contributed by atoms with Crippen molar-refractivity contribution in [3.63, 3.8) is 0 Å². The number of hydrogen-bond donors (Lipinski definition) is 1. The highest BCUT2D eigenvalue weighted by atomic mass is 16.5. The lowest BCUT2D eigenvalue weighted by atomic mass is 10.0. The minimum atomic E-state index is -0.292. The zero-order valence-corrected chi connectivity index (χ0v) is 17.4. The van der Waals surface area contributed by atoms with Crippen LogP contribution in [0.4, 0.5) is 0 Å². The summed E-state index contributed by atoms with van der Waals surface area (Å²) < 4.78 is 18.9. The monoisotopic (exact) mass is 431 g/mol. The molecule has 2 aliphatic rings. The molecule has 2 aromatic heterocycles. The van der Waals surface area contributed by atoms with E-state index in [1.54, 1.807) is 42.3 Å². The van der Waals surface area contributed by atoms with Crippen LogP contribution in [0.2, 0.25) is 0 Å². The minimum absolute atomic E-state index is 0.212. The molecule has 32 heavy (non-hydrogen) atoms. The van der Waals surface area contributed by atoms with Crippen LogP contribution in [0.15, 0.2) is 42.6 Å². The van der Waals surface area contributed by atoms with Gasteiger partial charge in [-0.05, 0) is 42.3 Å². The number of fused-ring (bicyclic) bond motifs is 2. The van der Waals surface area contributed by atoms with Gasteiger partial charge in [-0.15, -0.1) is 0 Å². The molecule has 3 aromatic rings. The molecule has 2 aliphatic heterocycles. The standard InChI is InChI=1S/C23H21N5O4/c1-30-23-17(3-2-7-25-23)20-6-8-28-21(32-20)11-18(27-28)22(29)26-16-10-15-9-14(12-24)4-5-19(15)31-13-16/h2-5,7,9,11,16,20H,6,8,10,13H2,1H3,(H,26,29). The molecule has 0 radical (unpaired) electrons. The Hall–Kier alpha value is -4.06. The van der Waals surface area contributed by atoms with E-state index in [1.807, 2.05) is 12.1 Å². The summed E-state index contributed by atoms with van der Waals surface area (Å²) in [6.07, 6.45) is 2.72. The molecule has 1 N–H and O–H groups in total. The summed E-state index contributed by atoms with van der Waals surface area (Å²) in [5, 5.41) is 16.5. The fraction of sp³-hybridized carbons (Fsp3) is 0.304. The lowest BCUT2D eigenvalue weighted by molar-refractivity contribution is 0.0909. The van der Waals surface area contributed by atoms with E-state index < -0.39 is 0 Å². The van der Waals surface area contributed by atoms with E-state index in [4.69, 9.17) is 19.5 Å². The zero-order valence-electron chi connectivity index (χ0n) is 17.4. The van der Waals surface area contributed by atoms with Gasteiger partial charge in [0.15, 0.2) is 5.69 Å². The summed E-state index contributed by atoms with van der Waals surface area (Å²) in [6.45, 7) is 0.972. The topological polar surface area (TPSA) is 111 Å². The maximum atomic E-state index is 12.8. The van der Waals surface area contributed by atoms with Gasteiger partial charge in [-0.1, -0.05) is 0 Å². The molecule has 2 atom stereocenters. The number of hydrogen-bond acceptors (Lipinski definition) is 7. The predicted octanol–water partition coefficient (Wildman–Crippen LogP) is 2.42. The van der Waals surface area contributed by atoms with Gasteiger partial charge in [0.1, 0.15) is 18.5 Å². The van der Waals surface area contributed by atoms with Crippen molar-refractivity contribution in [2.45, 2.75) is 31.5 Å². The number of nitrogens with zero attached hydrogens (tertiary/aromatic N) is 4. The van der Waals surface area contributed by atoms with E-state index in [-0.39, 0.29) is 23.7 Å². The van der Waals surface area contributed by atoms with Gasteiger partial charge in [0, 0.05) is 25.2 Å². The molecule has 9 heteroatoms. The summed E-state index contributed by atoms with van der Waals surface area (Å²) in [7, 11) is 1.58. The molecule has 0 saturated carbocycles. The fourth-order valence-corrected chi connectivity index (χ4v) is 4.06. The smallest absolute Gasteiger partial charge is 0.272 e. The molecule has 0 fully saturated rings. The number of amides is 1. The molecule has 1 amide bonds. The number of methoxy groups -OCH3 is 1. The molecule has 0 saturated heterocycles. The Balaban J connectivity index is 1.28. The van der Waals surface area contributed by atoms with E-state index in [1.165, 1.54) is 0 Å². The Labute approximate surface area is 184 Å². The highest BCUT2D eigenvalue weighted by molar-refractivity contribution is 5.92. The number of nitrogens with one attached hydrogen (secondary N) is 1. The van der Waals surface area contributed by atoms with Gasteiger partial charge in [0.05, 0.1) is 30.3 Å². The van der Waals surface area contributed by atoms with Gasteiger partial charge in [-0.25, -0.2) is 9.67 Å². The first-order valence-electron chi connectivity index (χ1n) is 10.3. The van der Waals surface area contributed by atoms with Gasteiger partial charge >= 0.3 is 0 Å². The number of rotatable bonds is 4. The van der Waals surface area contributed by atoms with E-state index in [0.717, 1.165) is 16.9 Å². The number of ether oxygens (including phenoxy) is 3. The van der Waals surface area contributed by atoms with E-state index in [0.29, 0.717) is 43.3 Å². The second-order valence-electron chi connectivity index (χ2n) is 7.71. The van der Waals surface area contributed by atoms with Crippen molar-refractivity contribution < 1.29 is 19.0 Å². The third-order valence-electron chi connectivity index (χ3n) is 5.61. The maximum Gasteiger partial charge on any atom is 0.272 e. The highest BCUT2D eigenvalue weighted by Gasteiger charge is 2.28. The molecule has 0 bridgehead atoms. The number of carbonyl (C=O) groups is 1. The van der Waals surface area contributed by atoms with Crippen molar-refractivity contribution in [1.29, 1.82) is 5.26 Å². The summed E-state index contributed by atoms with van der Waals surface area (Å²) >= 11 is 0. The first-order chi connectivity index (χ1) is 15.6. The van der Waals surface area contributed by atoms with Crippen molar-refractivity contribution in [1.82, 2.24) is 20.1 Å². The molecule has 9 nitrogen and oxygen atoms in total. The lowest BCUT2D eigenvalue weighted by Gasteiger charge is -2.25. The van der Waals surface area contributed by atoms with Crippen LogP contribution in [0.25, 0.3) is 0 Å². The Morgan fingerprint density at radius 3 is 3.09 bits per heavy atom. The Morgan fingerprint density at radius 1 is 1.34 bits per heavy atom. The third-order valence-corrected chi connectivity index (χ3v) is 5.61. The van der Waals surface area contributed by atoms with Crippen LogP contribution in [0.1, 0.15) is 39.7 Å². The number of carbonyl (C=O) groups excluding carboxylic acids is 1. The van der Waals surface area contributed by atoms with Crippen LogP contribution in [-0.4, -0.2) is 40.4 Å². The quantitative estimate of drug-likeness (QED) is 0.675. The van der Waals surface area contributed by atoms with Gasteiger partial charge in [-0.2, -0.15) is 10.4 Å². The summed E-state index contributed by atoms with van der Waals surface area (Å²) in [5.74, 6) is 1.51. The molecule has 4 heterocycles. The van der Waals surface area contributed by atoms with Crippen LogP contribution < -0.4 is 19.5 Å². The molecule has 2 unspecified atom stereocenters. The van der Waals surface area contributed by atoms with E-state index in [9.17, 15) is 4.79 Å². The van der Waals surface area contributed by atoms with Gasteiger partial charge in [0.25, 0.3) is 5.91 Å². The fourth-order valence-electron chi connectivity index (χ4n) is 4.06. The predicted molar refractivity (Wildman–Crippen MR) is 113 cm³/mol.